The van der Waals surface area contributed by atoms with E-state index in [0.717, 1.165) is 12.5 Å². The van der Waals surface area contributed by atoms with E-state index in [4.69, 9.17) is 21.1 Å². The molecule has 21 heteroatoms. The average molecular weight is 685 g/mol. The van der Waals surface area contributed by atoms with Crippen molar-refractivity contribution in [3.8, 4) is 5.75 Å². The van der Waals surface area contributed by atoms with Crippen LogP contribution >= 0.6 is 11.6 Å². The van der Waals surface area contributed by atoms with Crippen molar-refractivity contribution < 1.29 is 35.9 Å². The van der Waals surface area contributed by atoms with Crippen LogP contribution in [0.3, 0.4) is 0 Å². The third-order valence-electron chi connectivity index (χ3n) is 5.71. The van der Waals surface area contributed by atoms with Gasteiger partial charge in [0.2, 0.25) is 11.9 Å². The molecule has 2 heterocycles. The van der Waals surface area contributed by atoms with Crippen LogP contribution in [0.1, 0.15) is 33.2 Å². The number of tetrazole rings is 2. The summed E-state index contributed by atoms with van der Waals surface area (Å²) in [4.78, 5) is 24.5. The first-order valence-corrected chi connectivity index (χ1v) is 16.8. The molecule has 2 amide bonds. The highest BCUT2D eigenvalue weighted by Gasteiger charge is 2.24. The number of aromatic nitrogens is 8. The Labute approximate surface area is 262 Å². The molecule has 0 saturated carbocycles. The highest BCUT2D eigenvalue weighted by atomic mass is 35.5. The van der Waals surface area contributed by atoms with E-state index in [1.165, 1.54) is 46.8 Å². The molecule has 0 atom stereocenters. The van der Waals surface area contributed by atoms with Gasteiger partial charge < -0.3 is 9.47 Å². The van der Waals surface area contributed by atoms with Gasteiger partial charge in [-0.15, -0.1) is 0 Å². The van der Waals surface area contributed by atoms with Gasteiger partial charge in [0, 0.05) is 39.3 Å². The van der Waals surface area contributed by atoms with Gasteiger partial charge in [0.25, 0.3) is 11.8 Å². The second-order valence-electron chi connectivity index (χ2n) is 9.15. The summed E-state index contributed by atoms with van der Waals surface area (Å²) >= 11 is 6.16. The fourth-order valence-corrected chi connectivity index (χ4v) is 5.73. The number of halogens is 1. The topological polar surface area (TPSA) is 232 Å². The van der Waals surface area contributed by atoms with Gasteiger partial charge in [0.15, 0.2) is 25.4 Å². The van der Waals surface area contributed by atoms with Crippen LogP contribution in [-0.2, 0) is 45.1 Å². The molecule has 4 aromatic rings. The number of nitrogens with one attached hydrogen (secondary N) is 2. The zero-order valence-corrected chi connectivity index (χ0v) is 27.2. The second kappa shape index (κ2) is 14.5. The first kappa shape index (κ1) is 35.0. The Morgan fingerprint density at radius 1 is 0.867 bits per heavy atom. The molecule has 0 spiro atoms. The molecule has 0 aliphatic rings. The third kappa shape index (κ3) is 8.77. The van der Waals surface area contributed by atoms with Crippen molar-refractivity contribution in [2.75, 3.05) is 36.9 Å². The summed E-state index contributed by atoms with van der Waals surface area (Å²) in [5, 5.41) is 26.2. The summed E-state index contributed by atoms with van der Waals surface area (Å²) in [7, 11) is -2.38. The number of hydrogen-bond donors (Lipinski definition) is 2. The average Bonchev–Trinajstić information content (AvgIpc) is 3.55. The molecule has 0 saturated heterocycles. The number of aryl methyl sites for hydroxylation is 2. The SMILES string of the molecule is CCOc1c(S(C)(=O)=O)ccc(C(=O)Nc2nnnn2C)c1Cl.COCc1cc(C(=O)Nc2nnnn2C)ccc1S(C)(=O)=O. The summed E-state index contributed by atoms with van der Waals surface area (Å²) in [6.45, 7) is 1.95. The molecular weight excluding hydrogens is 656 g/mol. The number of rotatable bonds is 10. The van der Waals surface area contributed by atoms with Gasteiger partial charge in [-0.3, -0.25) is 20.2 Å². The predicted octanol–water partition coefficient (Wildman–Crippen LogP) is 0.930. The number of carbonyl (C=O) groups excluding carboxylic acids is 2. The Morgan fingerprint density at radius 2 is 1.40 bits per heavy atom. The van der Waals surface area contributed by atoms with Crippen molar-refractivity contribution in [3.05, 3.63) is 52.0 Å². The lowest BCUT2D eigenvalue weighted by Gasteiger charge is -2.13. The molecule has 0 unspecified atom stereocenters. The maximum Gasteiger partial charge on any atom is 0.259 e. The molecule has 45 heavy (non-hydrogen) atoms. The monoisotopic (exact) mass is 684 g/mol. The molecule has 2 aromatic carbocycles. The second-order valence-corrected chi connectivity index (χ2v) is 13.5. The molecular formula is C24H29ClN10O8S2. The van der Waals surface area contributed by atoms with E-state index in [1.54, 1.807) is 21.0 Å². The molecule has 2 aromatic heterocycles. The molecule has 242 valence electrons. The number of methoxy groups -OCH3 is 1. The van der Waals surface area contributed by atoms with Crippen molar-refractivity contribution in [2.24, 2.45) is 14.1 Å². The quantitative estimate of drug-likeness (QED) is 0.237. The molecule has 0 aliphatic heterocycles. The smallest absolute Gasteiger partial charge is 0.259 e. The van der Waals surface area contributed by atoms with Crippen LogP contribution in [0, 0.1) is 0 Å². The Morgan fingerprint density at radius 3 is 1.87 bits per heavy atom. The van der Waals surface area contributed by atoms with Crippen molar-refractivity contribution in [2.45, 2.75) is 23.3 Å². The molecule has 4 rings (SSSR count). The summed E-state index contributed by atoms with van der Waals surface area (Å²) in [6.07, 6.45) is 2.14. The maximum absolute atomic E-state index is 12.3. The van der Waals surface area contributed by atoms with E-state index in [0.29, 0.717) is 5.56 Å². The number of benzene rings is 2. The van der Waals surface area contributed by atoms with E-state index in [-0.39, 0.29) is 56.8 Å². The Hall–Kier alpha value is -4.53. The summed E-state index contributed by atoms with van der Waals surface area (Å²) in [5.74, 6) is -0.786. The van der Waals surface area contributed by atoms with E-state index in [1.807, 2.05) is 0 Å². The number of ether oxygens (including phenoxy) is 2. The van der Waals surface area contributed by atoms with E-state index in [2.05, 4.69) is 41.7 Å². The van der Waals surface area contributed by atoms with Gasteiger partial charge in [-0.2, -0.15) is 0 Å². The van der Waals surface area contributed by atoms with Crippen molar-refractivity contribution >= 4 is 55.0 Å². The highest BCUT2D eigenvalue weighted by molar-refractivity contribution is 7.91. The minimum atomic E-state index is -3.55. The zero-order chi connectivity index (χ0) is 33.5. The van der Waals surface area contributed by atoms with Crippen LogP contribution in [0.5, 0.6) is 5.75 Å². The lowest BCUT2D eigenvalue weighted by atomic mass is 10.1. The Bertz CT molecular complexity index is 1930. The Kier molecular flexibility index (Phi) is 11.3. The minimum absolute atomic E-state index is 0.0468. The number of nitrogens with zero attached hydrogens (tertiary/aromatic N) is 8. The molecule has 18 nitrogen and oxygen atoms in total. The number of hydrogen-bond acceptors (Lipinski definition) is 14. The van der Waals surface area contributed by atoms with Gasteiger partial charge >= 0.3 is 0 Å². The Balaban J connectivity index is 0.000000246. The zero-order valence-electron chi connectivity index (χ0n) is 24.8. The molecule has 0 radical (unpaired) electrons. The van der Waals surface area contributed by atoms with Gasteiger partial charge in [-0.05, 0) is 63.7 Å². The van der Waals surface area contributed by atoms with Crippen molar-refractivity contribution in [3.63, 3.8) is 0 Å². The molecule has 0 fully saturated rings. The van der Waals surface area contributed by atoms with Crippen molar-refractivity contribution in [1.82, 2.24) is 40.4 Å². The maximum atomic E-state index is 12.3. The minimum Gasteiger partial charge on any atom is -0.491 e. The normalized spacial score (nSPS) is 11.4. The first-order chi connectivity index (χ1) is 21.1. The largest absolute Gasteiger partial charge is 0.491 e. The van der Waals surface area contributed by atoms with Gasteiger partial charge in [0.05, 0.1) is 28.7 Å². The van der Waals surface area contributed by atoms with E-state index in [9.17, 15) is 26.4 Å². The van der Waals surface area contributed by atoms with Crippen LogP contribution in [0.25, 0.3) is 0 Å². The van der Waals surface area contributed by atoms with Gasteiger partial charge in [0.1, 0.15) is 4.90 Å². The lowest BCUT2D eigenvalue weighted by molar-refractivity contribution is 0.101. The van der Waals surface area contributed by atoms with Crippen molar-refractivity contribution in [1.29, 1.82) is 0 Å². The number of anilines is 2. The molecule has 0 aliphatic carbocycles. The molecule has 2 N–H and O–H groups in total. The fraction of sp³-hybridized carbons (Fsp3) is 0.333. The summed E-state index contributed by atoms with van der Waals surface area (Å²) < 4.78 is 59.9. The predicted molar refractivity (Wildman–Crippen MR) is 159 cm³/mol. The molecule has 0 bridgehead atoms. The van der Waals surface area contributed by atoms with Crippen LogP contribution in [0.4, 0.5) is 11.9 Å². The number of carbonyl (C=O) groups is 2. The van der Waals surface area contributed by atoms with Crippen LogP contribution in [0.15, 0.2) is 40.1 Å². The standard InChI is InChI=1S/C12H14ClN5O4S.C12H15N5O4S/c1-4-22-10-8(23(3,20)21)6-5-7(9(10)13)11(19)14-12-15-16-17-18(12)2;1-17-12(14-15-16-17)13-11(18)8-4-5-10(22(3,19)20)9(6-8)7-21-2/h5-6H,4H2,1-3H3,(H,14,15,17,19);4-6H,7H2,1-3H3,(H,13,14,16,18). The number of sulfone groups is 2. The number of amides is 2. The van der Waals surface area contributed by atoms with E-state index >= 15 is 0 Å². The first-order valence-electron chi connectivity index (χ1n) is 12.6. The lowest BCUT2D eigenvalue weighted by Crippen LogP contribution is -2.17. The van der Waals surface area contributed by atoms with Crippen LogP contribution < -0.4 is 15.4 Å². The highest BCUT2D eigenvalue weighted by Crippen LogP contribution is 2.35. The van der Waals surface area contributed by atoms with Crippen LogP contribution in [-0.4, -0.2) is 95.3 Å². The van der Waals surface area contributed by atoms with Gasteiger partial charge in [-0.1, -0.05) is 21.8 Å². The third-order valence-corrected chi connectivity index (χ3v) is 8.40. The fourth-order valence-electron chi connectivity index (χ4n) is 3.65. The van der Waals surface area contributed by atoms with E-state index < -0.39 is 31.5 Å². The van der Waals surface area contributed by atoms with Gasteiger partial charge in [-0.25, -0.2) is 26.2 Å². The summed E-state index contributed by atoms with van der Waals surface area (Å²) in [6, 6.07) is 6.86. The summed E-state index contributed by atoms with van der Waals surface area (Å²) in [5.41, 5.74) is 0.738. The van der Waals surface area contributed by atoms with Crippen LogP contribution in [0.2, 0.25) is 5.02 Å².